The zero-order chi connectivity index (χ0) is 23.4. The number of ether oxygens (including phenoxy) is 2. The number of benzene rings is 2. The number of nitrogens with zero attached hydrogens (tertiary/aromatic N) is 4. The molecule has 0 aliphatic rings. The molecule has 0 radical (unpaired) electrons. The van der Waals surface area contributed by atoms with Crippen LogP contribution in [0.5, 0.6) is 17.4 Å². The molecular weight excluding hydrogens is 418 g/mol. The van der Waals surface area contributed by atoms with Gasteiger partial charge >= 0.3 is 0 Å². The van der Waals surface area contributed by atoms with Crippen LogP contribution in [0.25, 0.3) is 10.9 Å². The smallest absolute Gasteiger partial charge is 0.262 e. The zero-order valence-electron chi connectivity index (χ0n) is 18.9. The van der Waals surface area contributed by atoms with E-state index in [-0.39, 0.29) is 5.91 Å². The molecule has 33 heavy (non-hydrogen) atoms. The van der Waals surface area contributed by atoms with Gasteiger partial charge in [-0.3, -0.25) is 4.79 Å². The van der Waals surface area contributed by atoms with Crippen LogP contribution in [0, 0.1) is 6.92 Å². The van der Waals surface area contributed by atoms with Gasteiger partial charge in [0, 0.05) is 32.0 Å². The minimum Gasteiger partial charge on any atom is -0.480 e. The summed E-state index contributed by atoms with van der Waals surface area (Å²) in [6.45, 7) is 3.69. The molecule has 8 heteroatoms. The van der Waals surface area contributed by atoms with E-state index in [1.54, 1.807) is 27.2 Å². The molecule has 2 heterocycles. The molecule has 1 atom stereocenters. The number of fused-ring (bicyclic) bond motifs is 1. The highest BCUT2D eigenvalue weighted by atomic mass is 16.5. The molecule has 1 N–H and O–H groups in total. The van der Waals surface area contributed by atoms with E-state index in [0.29, 0.717) is 34.1 Å². The third kappa shape index (κ3) is 5.01. The average molecular weight is 444 g/mol. The normalized spacial score (nSPS) is 11.6. The minimum absolute atomic E-state index is 0.127. The number of aromatic nitrogens is 3. The molecule has 0 spiro atoms. The lowest BCUT2D eigenvalue weighted by Crippen LogP contribution is -2.35. The third-order valence-corrected chi connectivity index (χ3v) is 5.01. The Morgan fingerprint density at radius 3 is 2.58 bits per heavy atom. The summed E-state index contributed by atoms with van der Waals surface area (Å²) in [4.78, 5) is 26.8. The molecule has 4 rings (SSSR count). The molecule has 0 saturated heterocycles. The van der Waals surface area contributed by atoms with Gasteiger partial charge in [-0.25, -0.2) is 15.0 Å². The van der Waals surface area contributed by atoms with Crippen molar-refractivity contribution < 1.29 is 14.3 Å². The zero-order valence-corrected chi connectivity index (χ0v) is 18.9. The molecular formula is C25H25N5O3. The molecule has 0 saturated carbocycles. The number of aryl methyl sites for hydroxylation is 1. The first-order valence-corrected chi connectivity index (χ1v) is 10.5. The Kier molecular flexibility index (Phi) is 6.35. The van der Waals surface area contributed by atoms with E-state index >= 15 is 0 Å². The van der Waals surface area contributed by atoms with Crippen LogP contribution in [0.15, 0.2) is 67.1 Å². The Balaban J connectivity index is 1.62. The Morgan fingerprint density at radius 1 is 1.00 bits per heavy atom. The van der Waals surface area contributed by atoms with E-state index in [1.807, 2.05) is 61.5 Å². The monoisotopic (exact) mass is 443 g/mol. The molecule has 0 aliphatic heterocycles. The van der Waals surface area contributed by atoms with E-state index in [0.717, 1.165) is 11.3 Å². The highest BCUT2D eigenvalue weighted by Crippen LogP contribution is 2.33. The summed E-state index contributed by atoms with van der Waals surface area (Å²) in [5.74, 6) is 2.23. The quantitative estimate of drug-likeness (QED) is 0.442. The Bertz CT molecular complexity index is 1270. The second-order valence-electron chi connectivity index (χ2n) is 7.74. The molecule has 8 nitrogen and oxygen atoms in total. The fourth-order valence-corrected chi connectivity index (χ4v) is 3.37. The summed E-state index contributed by atoms with van der Waals surface area (Å²) in [5.41, 5.74) is 2.47. The van der Waals surface area contributed by atoms with Crippen LogP contribution in [0.4, 0.5) is 11.5 Å². The summed E-state index contributed by atoms with van der Waals surface area (Å²) in [5, 5.41) is 4.05. The Hall–Kier alpha value is -4.20. The maximum Gasteiger partial charge on any atom is 0.262 e. The second-order valence-corrected chi connectivity index (χ2v) is 7.74. The maximum atomic E-state index is 12.3. The van der Waals surface area contributed by atoms with Crippen LogP contribution < -0.4 is 14.8 Å². The van der Waals surface area contributed by atoms with Crippen LogP contribution in [0.3, 0.4) is 0 Å². The summed E-state index contributed by atoms with van der Waals surface area (Å²) in [6, 6.07) is 16.8. The summed E-state index contributed by atoms with van der Waals surface area (Å²) >= 11 is 0. The number of pyridine rings is 1. The second kappa shape index (κ2) is 9.52. The molecule has 1 amide bonds. The predicted octanol–water partition coefficient (Wildman–Crippen LogP) is 4.72. The third-order valence-electron chi connectivity index (χ3n) is 5.01. The van der Waals surface area contributed by atoms with Gasteiger partial charge in [0.05, 0.1) is 10.9 Å². The number of rotatable bonds is 7. The molecule has 168 valence electrons. The minimum atomic E-state index is -0.649. The van der Waals surface area contributed by atoms with E-state index in [9.17, 15) is 4.79 Å². The number of nitrogens with one attached hydrogen (secondary N) is 1. The fourth-order valence-electron chi connectivity index (χ4n) is 3.37. The van der Waals surface area contributed by atoms with Gasteiger partial charge in [-0.05, 0) is 55.8 Å². The first-order valence-electron chi connectivity index (χ1n) is 10.5. The standard InChI is InChI=1S/C25H25N5O3/c1-16-14-18(11-12-20(16)33-22-10-5-6-13-26-22)29-24-23-19(27-15-28-24)8-7-9-21(23)32-17(2)25(31)30(3)4/h5-15,17H,1-4H3,(H,27,28,29)/t17-/m1/s1. The van der Waals surface area contributed by atoms with Crippen molar-refractivity contribution in [2.75, 3.05) is 19.4 Å². The highest BCUT2D eigenvalue weighted by Gasteiger charge is 2.19. The van der Waals surface area contributed by atoms with Gasteiger partial charge in [0.15, 0.2) is 6.10 Å². The van der Waals surface area contributed by atoms with E-state index < -0.39 is 6.10 Å². The summed E-state index contributed by atoms with van der Waals surface area (Å²) in [7, 11) is 3.40. The van der Waals surface area contributed by atoms with Crippen molar-refractivity contribution in [1.82, 2.24) is 19.9 Å². The Labute approximate surface area is 192 Å². The van der Waals surface area contributed by atoms with E-state index in [2.05, 4.69) is 20.3 Å². The number of carbonyl (C=O) groups is 1. The van der Waals surface area contributed by atoms with Crippen LogP contribution >= 0.6 is 0 Å². The average Bonchev–Trinajstić information content (AvgIpc) is 2.81. The van der Waals surface area contributed by atoms with Gasteiger partial charge in [-0.15, -0.1) is 0 Å². The van der Waals surface area contributed by atoms with Crippen LogP contribution in [-0.2, 0) is 4.79 Å². The number of carbonyl (C=O) groups excluding carboxylic acids is 1. The van der Waals surface area contributed by atoms with Gasteiger partial charge in [0.25, 0.3) is 5.91 Å². The molecule has 4 aromatic rings. The predicted molar refractivity (Wildman–Crippen MR) is 127 cm³/mol. The van der Waals surface area contributed by atoms with Crippen LogP contribution in [0.1, 0.15) is 12.5 Å². The molecule has 0 aliphatic carbocycles. The van der Waals surface area contributed by atoms with Gasteiger partial charge in [0.1, 0.15) is 23.6 Å². The molecule has 0 bridgehead atoms. The maximum absolute atomic E-state index is 12.3. The lowest BCUT2D eigenvalue weighted by atomic mass is 10.1. The van der Waals surface area contributed by atoms with Crippen molar-refractivity contribution in [2.24, 2.45) is 0 Å². The van der Waals surface area contributed by atoms with E-state index in [1.165, 1.54) is 11.2 Å². The van der Waals surface area contributed by atoms with Gasteiger partial charge in [-0.1, -0.05) is 12.1 Å². The first kappa shape index (κ1) is 22.0. The van der Waals surface area contributed by atoms with Crippen molar-refractivity contribution in [3.8, 4) is 17.4 Å². The SMILES string of the molecule is Cc1cc(Nc2ncnc3cccc(O[C@H](C)C(=O)N(C)C)c23)ccc1Oc1ccccn1. The number of likely N-dealkylation sites (N-methyl/N-ethyl adjacent to an activating group) is 1. The number of hydrogen-bond donors (Lipinski definition) is 1. The molecule has 2 aromatic heterocycles. The van der Waals surface area contributed by atoms with Gasteiger partial charge in [-0.2, -0.15) is 0 Å². The van der Waals surface area contributed by atoms with Crippen LogP contribution in [-0.4, -0.2) is 46.0 Å². The lowest BCUT2D eigenvalue weighted by molar-refractivity contribution is -0.135. The van der Waals surface area contributed by atoms with Crippen molar-refractivity contribution >= 4 is 28.3 Å². The van der Waals surface area contributed by atoms with Crippen molar-refractivity contribution in [3.05, 3.63) is 72.7 Å². The largest absolute Gasteiger partial charge is 0.480 e. The lowest BCUT2D eigenvalue weighted by Gasteiger charge is -2.20. The van der Waals surface area contributed by atoms with E-state index in [4.69, 9.17) is 9.47 Å². The van der Waals surface area contributed by atoms with Crippen molar-refractivity contribution in [3.63, 3.8) is 0 Å². The number of anilines is 2. The first-order chi connectivity index (χ1) is 15.9. The fraction of sp³-hybridized carbons (Fsp3) is 0.200. The van der Waals surface area contributed by atoms with Gasteiger partial charge < -0.3 is 19.7 Å². The van der Waals surface area contributed by atoms with Crippen molar-refractivity contribution in [1.29, 1.82) is 0 Å². The van der Waals surface area contributed by atoms with Gasteiger partial charge in [0.2, 0.25) is 5.88 Å². The Morgan fingerprint density at radius 2 is 1.85 bits per heavy atom. The molecule has 0 unspecified atom stereocenters. The number of amides is 1. The summed E-state index contributed by atoms with van der Waals surface area (Å²) in [6.07, 6.45) is 2.53. The topological polar surface area (TPSA) is 89.5 Å². The van der Waals surface area contributed by atoms with Crippen molar-refractivity contribution in [2.45, 2.75) is 20.0 Å². The molecule has 2 aromatic carbocycles. The summed E-state index contributed by atoms with van der Waals surface area (Å²) < 4.78 is 11.9. The van der Waals surface area contributed by atoms with Crippen LogP contribution in [0.2, 0.25) is 0 Å². The highest BCUT2D eigenvalue weighted by molar-refractivity contribution is 5.96. The molecule has 0 fully saturated rings. The number of hydrogen-bond acceptors (Lipinski definition) is 7.